The van der Waals surface area contributed by atoms with E-state index in [0.717, 1.165) is 6.08 Å². The topological polar surface area (TPSA) is 71.4 Å². The zero-order valence-corrected chi connectivity index (χ0v) is 14.4. The average molecular weight is 379 g/mol. The van der Waals surface area contributed by atoms with Crippen LogP contribution in [0.2, 0.25) is 0 Å². The number of aryl methyl sites for hydroxylation is 1. The van der Waals surface area contributed by atoms with Crippen molar-refractivity contribution in [1.29, 1.82) is 15.8 Å². The predicted octanol–water partition coefficient (Wildman–Crippen LogP) is 3.11. The highest BCUT2D eigenvalue weighted by atomic mass is 19.2. The van der Waals surface area contributed by atoms with Crippen LogP contribution in [0.4, 0.5) is 17.6 Å². The van der Waals surface area contributed by atoms with Crippen molar-refractivity contribution < 1.29 is 17.6 Å². The van der Waals surface area contributed by atoms with E-state index >= 15 is 8.78 Å². The molecule has 0 spiro atoms. The van der Waals surface area contributed by atoms with Gasteiger partial charge in [0.2, 0.25) is 0 Å². The molecule has 0 unspecified atom stereocenters. The Bertz CT molecular complexity index is 1310. The summed E-state index contributed by atoms with van der Waals surface area (Å²) in [6.07, 6.45) is 6.06. The van der Waals surface area contributed by atoms with E-state index in [0.29, 0.717) is 0 Å². The summed E-state index contributed by atoms with van der Waals surface area (Å²) in [5, 5.41) is 24.1. The summed E-state index contributed by atoms with van der Waals surface area (Å²) >= 11 is 0. The number of terminal acetylenes is 1. The number of halogens is 4. The standard InChI is InChI=1S/C21H9F4N3/c1-4-10(7-26)14-12(5-2)16-13(6-3)18(22)15(11(8-27)9-28)19(23)17(16)21(25)20(14)24/h1,5H,2,6H2,3H3/b14-10-. The van der Waals surface area contributed by atoms with Crippen molar-refractivity contribution in [3.63, 3.8) is 0 Å². The maximum atomic E-state index is 15.0. The van der Waals surface area contributed by atoms with Crippen molar-refractivity contribution in [1.82, 2.24) is 0 Å². The molecule has 2 aromatic carbocycles. The Morgan fingerprint density at radius 1 is 0.893 bits per heavy atom. The molecule has 0 N–H and O–H groups in total. The van der Waals surface area contributed by atoms with Crippen molar-refractivity contribution in [2.45, 2.75) is 13.3 Å². The van der Waals surface area contributed by atoms with Gasteiger partial charge in [-0.1, -0.05) is 25.5 Å². The second kappa shape index (κ2) is 7.67. The SMILES string of the molecule is C#C/C(C#N)=c1/c(F)c(F)c2c(F)c(=C(C#N)C#N)c(F)c(CC)c2c1C=C. The van der Waals surface area contributed by atoms with Crippen molar-refractivity contribution in [2.75, 3.05) is 0 Å². The number of hydrogen-bond donors (Lipinski definition) is 0. The normalized spacial score (nSPS) is 11.0. The van der Waals surface area contributed by atoms with E-state index < -0.39 is 50.2 Å². The molecule has 136 valence electrons. The summed E-state index contributed by atoms with van der Waals surface area (Å²) in [5.41, 5.74) is -2.05. The summed E-state index contributed by atoms with van der Waals surface area (Å²) in [7, 11) is 0. The minimum absolute atomic E-state index is 0.122. The lowest BCUT2D eigenvalue weighted by atomic mass is 9.91. The lowest BCUT2D eigenvalue weighted by molar-refractivity contribution is 0.502. The molecule has 0 aliphatic carbocycles. The Hall–Kier alpha value is -4.07. The van der Waals surface area contributed by atoms with Gasteiger partial charge in [-0.3, -0.25) is 0 Å². The van der Waals surface area contributed by atoms with E-state index in [4.69, 9.17) is 22.2 Å². The quantitative estimate of drug-likeness (QED) is 0.595. The van der Waals surface area contributed by atoms with Crippen LogP contribution in [-0.2, 0) is 6.42 Å². The number of rotatable bonds is 2. The first-order chi connectivity index (χ1) is 13.3. The van der Waals surface area contributed by atoms with E-state index in [9.17, 15) is 8.78 Å². The Balaban J connectivity index is 3.59. The lowest BCUT2D eigenvalue weighted by Gasteiger charge is -2.14. The van der Waals surface area contributed by atoms with Gasteiger partial charge in [0.25, 0.3) is 0 Å². The van der Waals surface area contributed by atoms with Crippen LogP contribution >= 0.6 is 0 Å². The molecule has 2 rings (SSSR count). The molecule has 0 radical (unpaired) electrons. The molecular weight excluding hydrogens is 370 g/mol. The highest BCUT2D eigenvalue weighted by Gasteiger charge is 2.26. The fraction of sp³-hybridized carbons (Fsp3) is 0.0952. The Morgan fingerprint density at radius 2 is 1.46 bits per heavy atom. The summed E-state index contributed by atoms with van der Waals surface area (Å²) < 4.78 is 59.6. The third-order valence-corrected chi connectivity index (χ3v) is 4.18. The van der Waals surface area contributed by atoms with Crippen molar-refractivity contribution in [3.05, 3.63) is 51.4 Å². The molecule has 0 amide bonds. The van der Waals surface area contributed by atoms with Gasteiger partial charge in [-0.25, -0.2) is 17.6 Å². The van der Waals surface area contributed by atoms with Crippen LogP contribution in [0.3, 0.4) is 0 Å². The van der Waals surface area contributed by atoms with Crippen LogP contribution in [-0.4, -0.2) is 0 Å². The monoisotopic (exact) mass is 379 g/mol. The van der Waals surface area contributed by atoms with Crippen LogP contribution in [0.5, 0.6) is 0 Å². The fourth-order valence-corrected chi connectivity index (χ4v) is 3.01. The molecule has 0 aromatic heterocycles. The minimum atomic E-state index is -1.72. The smallest absolute Gasteiger partial charge is 0.170 e. The zero-order valence-electron chi connectivity index (χ0n) is 14.4. The first kappa shape index (κ1) is 20.2. The van der Waals surface area contributed by atoms with Gasteiger partial charge in [0.1, 0.15) is 41.0 Å². The number of fused-ring (bicyclic) bond motifs is 1. The predicted molar refractivity (Wildman–Crippen MR) is 95.0 cm³/mol. The molecule has 0 heterocycles. The van der Waals surface area contributed by atoms with Crippen LogP contribution in [0, 0.1) is 69.6 Å². The van der Waals surface area contributed by atoms with E-state index in [2.05, 4.69) is 6.58 Å². The molecule has 28 heavy (non-hydrogen) atoms. The van der Waals surface area contributed by atoms with E-state index in [1.165, 1.54) is 25.1 Å². The van der Waals surface area contributed by atoms with Gasteiger partial charge in [-0.05, 0) is 17.5 Å². The molecule has 2 aromatic rings. The Labute approximate surface area is 157 Å². The number of nitrogens with zero attached hydrogens (tertiary/aromatic N) is 3. The highest BCUT2D eigenvalue weighted by Crippen LogP contribution is 2.29. The van der Waals surface area contributed by atoms with Gasteiger partial charge >= 0.3 is 0 Å². The fourth-order valence-electron chi connectivity index (χ4n) is 3.01. The van der Waals surface area contributed by atoms with Crippen LogP contribution in [0.15, 0.2) is 6.58 Å². The molecule has 0 aliphatic rings. The number of nitriles is 3. The molecule has 7 heteroatoms. The van der Waals surface area contributed by atoms with Crippen molar-refractivity contribution in [3.8, 4) is 30.6 Å². The summed E-state index contributed by atoms with van der Waals surface area (Å²) in [6, 6.07) is 4.22. The third kappa shape index (κ3) is 2.67. The van der Waals surface area contributed by atoms with E-state index in [-0.39, 0.29) is 22.9 Å². The van der Waals surface area contributed by atoms with Crippen LogP contribution < -0.4 is 10.4 Å². The Morgan fingerprint density at radius 3 is 1.89 bits per heavy atom. The van der Waals surface area contributed by atoms with Gasteiger partial charge in [0, 0.05) is 10.6 Å². The van der Waals surface area contributed by atoms with Gasteiger partial charge in [0.15, 0.2) is 11.6 Å². The van der Waals surface area contributed by atoms with Gasteiger partial charge in [-0.2, -0.15) is 15.8 Å². The summed E-state index contributed by atoms with van der Waals surface area (Å²) in [5.74, 6) is -4.29. The maximum absolute atomic E-state index is 15.0. The lowest BCUT2D eigenvalue weighted by Crippen LogP contribution is -2.25. The van der Waals surface area contributed by atoms with E-state index in [1.807, 2.05) is 5.92 Å². The summed E-state index contributed by atoms with van der Waals surface area (Å²) in [4.78, 5) is 0. The van der Waals surface area contributed by atoms with Crippen LogP contribution in [0.1, 0.15) is 18.1 Å². The Kier molecular flexibility index (Phi) is 5.54. The second-order valence-corrected chi connectivity index (χ2v) is 5.44. The van der Waals surface area contributed by atoms with Gasteiger partial charge in [0.05, 0.1) is 10.6 Å². The molecule has 0 bridgehead atoms. The van der Waals surface area contributed by atoms with Crippen molar-refractivity contribution >= 4 is 28.0 Å². The minimum Gasteiger partial charge on any atom is -0.206 e. The summed E-state index contributed by atoms with van der Waals surface area (Å²) in [6.45, 7) is 4.91. The average Bonchev–Trinajstić information content (AvgIpc) is 2.69. The van der Waals surface area contributed by atoms with Crippen LogP contribution in [0.25, 0.3) is 28.0 Å². The molecule has 3 nitrogen and oxygen atoms in total. The first-order valence-electron chi connectivity index (χ1n) is 7.72. The van der Waals surface area contributed by atoms with E-state index in [1.54, 1.807) is 0 Å². The second-order valence-electron chi connectivity index (χ2n) is 5.44. The molecule has 0 saturated carbocycles. The molecule has 0 saturated heterocycles. The highest BCUT2D eigenvalue weighted by molar-refractivity contribution is 5.97. The number of benzene rings is 2. The maximum Gasteiger partial charge on any atom is 0.170 e. The van der Waals surface area contributed by atoms with Crippen molar-refractivity contribution in [2.24, 2.45) is 0 Å². The van der Waals surface area contributed by atoms with Gasteiger partial charge < -0.3 is 0 Å². The zero-order chi connectivity index (χ0) is 21.2. The molecule has 0 atom stereocenters. The molecule has 0 aliphatic heterocycles. The largest absolute Gasteiger partial charge is 0.206 e. The van der Waals surface area contributed by atoms with Gasteiger partial charge in [-0.15, -0.1) is 6.42 Å². The first-order valence-corrected chi connectivity index (χ1v) is 7.72. The number of hydrogen-bond acceptors (Lipinski definition) is 3. The third-order valence-electron chi connectivity index (χ3n) is 4.18. The molecular formula is C21H9F4N3. The molecule has 0 fully saturated rings.